The van der Waals surface area contributed by atoms with Gasteiger partial charge in [0.2, 0.25) is 0 Å². The fraction of sp³-hybridized carbons (Fsp3) is 0.600. The van der Waals surface area contributed by atoms with Crippen LogP contribution in [-0.4, -0.2) is 42.2 Å². The number of hydrogen-bond donors (Lipinski definition) is 1. The Morgan fingerprint density at radius 1 is 1.04 bits per heavy atom. The van der Waals surface area contributed by atoms with Gasteiger partial charge in [0.15, 0.2) is 0 Å². The molecule has 0 bridgehead atoms. The first-order valence-corrected chi connectivity index (χ1v) is 9.21. The SMILES string of the molecule is CCCn1cc(CCCN2CCNCC2)c2cc(C)c(C)cc21. The highest BCUT2D eigenvalue weighted by molar-refractivity contribution is 5.85. The molecule has 0 saturated carbocycles. The van der Waals surface area contributed by atoms with Crippen molar-refractivity contribution in [1.82, 2.24) is 14.8 Å². The van der Waals surface area contributed by atoms with Crippen molar-refractivity contribution in [3.8, 4) is 0 Å². The van der Waals surface area contributed by atoms with Gasteiger partial charge in [-0.25, -0.2) is 0 Å². The van der Waals surface area contributed by atoms with Crippen LogP contribution >= 0.6 is 0 Å². The smallest absolute Gasteiger partial charge is 0.0485 e. The van der Waals surface area contributed by atoms with Gasteiger partial charge in [-0.1, -0.05) is 6.92 Å². The van der Waals surface area contributed by atoms with E-state index in [1.165, 1.54) is 66.5 Å². The third kappa shape index (κ3) is 3.78. The number of benzene rings is 1. The van der Waals surface area contributed by atoms with E-state index in [-0.39, 0.29) is 0 Å². The van der Waals surface area contributed by atoms with Crippen LogP contribution in [0.25, 0.3) is 10.9 Å². The molecule has 1 fully saturated rings. The fourth-order valence-electron chi connectivity index (χ4n) is 3.68. The molecule has 0 amide bonds. The number of fused-ring (bicyclic) bond motifs is 1. The summed E-state index contributed by atoms with van der Waals surface area (Å²) in [5, 5.41) is 4.90. The lowest BCUT2D eigenvalue weighted by atomic mass is 10.0. The lowest BCUT2D eigenvalue weighted by molar-refractivity contribution is 0.238. The summed E-state index contributed by atoms with van der Waals surface area (Å²) >= 11 is 0. The second kappa shape index (κ2) is 7.50. The van der Waals surface area contributed by atoms with Gasteiger partial charge in [0, 0.05) is 49.8 Å². The molecular weight excluding hydrogens is 282 g/mol. The van der Waals surface area contributed by atoms with Crippen LogP contribution in [0.2, 0.25) is 0 Å². The van der Waals surface area contributed by atoms with Crippen molar-refractivity contribution in [2.75, 3.05) is 32.7 Å². The Morgan fingerprint density at radius 3 is 2.52 bits per heavy atom. The third-order valence-corrected chi connectivity index (χ3v) is 5.17. The molecular formula is C20H31N3. The van der Waals surface area contributed by atoms with Gasteiger partial charge < -0.3 is 14.8 Å². The third-order valence-electron chi connectivity index (χ3n) is 5.17. The molecule has 0 spiro atoms. The Labute approximate surface area is 140 Å². The van der Waals surface area contributed by atoms with Crippen molar-refractivity contribution in [3.63, 3.8) is 0 Å². The predicted molar refractivity (Wildman–Crippen MR) is 99.3 cm³/mol. The van der Waals surface area contributed by atoms with E-state index in [0.717, 1.165) is 19.6 Å². The number of aryl methyl sites for hydroxylation is 4. The van der Waals surface area contributed by atoms with Crippen molar-refractivity contribution in [2.24, 2.45) is 0 Å². The molecule has 1 saturated heterocycles. The number of nitrogens with zero attached hydrogens (tertiary/aromatic N) is 2. The molecule has 1 aliphatic rings. The van der Waals surface area contributed by atoms with Crippen LogP contribution in [0, 0.1) is 13.8 Å². The van der Waals surface area contributed by atoms with Crippen LogP contribution in [0.5, 0.6) is 0 Å². The molecule has 0 radical (unpaired) electrons. The van der Waals surface area contributed by atoms with Gasteiger partial charge in [-0.3, -0.25) is 0 Å². The molecule has 2 heterocycles. The average Bonchev–Trinajstić information content (AvgIpc) is 2.87. The van der Waals surface area contributed by atoms with Crippen LogP contribution in [0.15, 0.2) is 18.3 Å². The molecule has 23 heavy (non-hydrogen) atoms. The topological polar surface area (TPSA) is 20.2 Å². The molecule has 0 atom stereocenters. The Hall–Kier alpha value is -1.32. The van der Waals surface area contributed by atoms with Crippen molar-refractivity contribution in [2.45, 2.75) is 46.6 Å². The van der Waals surface area contributed by atoms with Gasteiger partial charge in [-0.15, -0.1) is 0 Å². The maximum Gasteiger partial charge on any atom is 0.0485 e. The highest BCUT2D eigenvalue weighted by atomic mass is 15.2. The first-order chi connectivity index (χ1) is 11.2. The molecule has 1 aromatic heterocycles. The second-order valence-electron chi connectivity index (χ2n) is 7.00. The molecule has 2 aromatic rings. The first kappa shape index (κ1) is 16.5. The number of piperazine rings is 1. The van der Waals surface area contributed by atoms with Gasteiger partial charge in [0.05, 0.1) is 0 Å². The molecule has 1 aliphatic heterocycles. The van der Waals surface area contributed by atoms with Crippen LogP contribution in [-0.2, 0) is 13.0 Å². The van der Waals surface area contributed by atoms with Crippen LogP contribution in [0.4, 0.5) is 0 Å². The molecule has 0 unspecified atom stereocenters. The van der Waals surface area contributed by atoms with E-state index in [1.54, 1.807) is 0 Å². The Morgan fingerprint density at radius 2 is 1.78 bits per heavy atom. The van der Waals surface area contributed by atoms with E-state index in [2.05, 4.69) is 53.9 Å². The number of aromatic nitrogens is 1. The van der Waals surface area contributed by atoms with Crippen molar-refractivity contribution in [1.29, 1.82) is 0 Å². The van der Waals surface area contributed by atoms with Crippen LogP contribution < -0.4 is 5.32 Å². The van der Waals surface area contributed by atoms with Crippen molar-refractivity contribution < 1.29 is 0 Å². The summed E-state index contributed by atoms with van der Waals surface area (Å²) in [6, 6.07) is 4.77. The van der Waals surface area contributed by atoms with Crippen LogP contribution in [0.3, 0.4) is 0 Å². The zero-order chi connectivity index (χ0) is 16.2. The lowest BCUT2D eigenvalue weighted by Crippen LogP contribution is -2.43. The van der Waals surface area contributed by atoms with Gasteiger partial charge >= 0.3 is 0 Å². The maximum atomic E-state index is 3.43. The molecule has 126 valence electrons. The minimum Gasteiger partial charge on any atom is -0.347 e. The normalized spacial score (nSPS) is 16.3. The summed E-state index contributed by atoms with van der Waals surface area (Å²) in [5.41, 5.74) is 5.77. The summed E-state index contributed by atoms with van der Waals surface area (Å²) in [6.07, 6.45) is 6.06. The van der Waals surface area contributed by atoms with E-state index in [4.69, 9.17) is 0 Å². The first-order valence-electron chi connectivity index (χ1n) is 9.21. The molecule has 3 nitrogen and oxygen atoms in total. The summed E-state index contributed by atoms with van der Waals surface area (Å²) in [6.45, 7) is 13.8. The monoisotopic (exact) mass is 313 g/mol. The zero-order valence-corrected chi connectivity index (χ0v) is 15.0. The number of rotatable bonds is 6. The predicted octanol–water partition coefficient (Wildman–Crippen LogP) is 3.51. The van der Waals surface area contributed by atoms with Gasteiger partial charge in [0.25, 0.3) is 0 Å². The summed E-state index contributed by atoms with van der Waals surface area (Å²) < 4.78 is 2.46. The van der Waals surface area contributed by atoms with E-state index < -0.39 is 0 Å². The summed E-state index contributed by atoms with van der Waals surface area (Å²) in [7, 11) is 0. The lowest BCUT2D eigenvalue weighted by Gasteiger charge is -2.26. The Balaban J connectivity index is 1.75. The van der Waals surface area contributed by atoms with Gasteiger partial charge in [-0.2, -0.15) is 0 Å². The van der Waals surface area contributed by atoms with E-state index in [1.807, 2.05) is 0 Å². The molecule has 1 aromatic carbocycles. The standard InChI is InChI=1S/C20H31N3/c1-4-9-23-15-18(6-5-10-22-11-7-21-8-12-22)19-13-16(2)17(3)14-20(19)23/h13-15,21H,4-12H2,1-3H3. The minimum absolute atomic E-state index is 1.12. The Bertz CT molecular complexity index is 650. The Kier molecular flexibility index (Phi) is 5.39. The summed E-state index contributed by atoms with van der Waals surface area (Å²) in [5.74, 6) is 0. The second-order valence-corrected chi connectivity index (χ2v) is 7.00. The van der Waals surface area contributed by atoms with E-state index in [9.17, 15) is 0 Å². The molecule has 0 aliphatic carbocycles. The van der Waals surface area contributed by atoms with E-state index in [0.29, 0.717) is 0 Å². The van der Waals surface area contributed by atoms with Gasteiger partial charge in [-0.05, 0) is 68.5 Å². The fourth-order valence-corrected chi connectivity index (χ4v) is 3.68. The van der Waals surface area contributed by atoms with Crippen LogP contribution in [0.1, 0.15) is 36.5 Å². The average molecular weight is 313 g/mol. The highest BCUT2D eigenvalue weighted by Crippen LogP contribution is 2.26. The molecule has 3 rings (SSSR count). The quantitative estimate of drug-likeness (QED) is 0.881. The molecule has 1 N–H and O–H groups in total. The molecule has 3 heteroatoms. The van der Waals surface area contributed by atoms with E-state index >= 15 is 0 Å². The van der Waals surface area contributed by atoms with Crippen molar-refractivity contribution >= 4 is 10.9 Å². The summed E-state index contributed by atoms with van der Waals surface area (Å²) in [4.78, 5) is 2.59. The largest absolute Gasteiger partial charge is 0.347 e. The zero-order valence-electron chi connectivity index (χ0n) is 15.0. The highest BCUT2D eigenvalue weighted by Gasteiger charge is 2.12. The number of nitrogens with one attached hydrogen (secondary N) is 1. The van der Waals surface area contributed by atoms with Crippen molar-refractivity contribution in [3.05, 3.63) is 35.0 Å². The number of hydrogen-bond acceptors (Lipinski definition) is 2. The minimum atomic E-state index is 1.12. The maximum absolute atomic E-state index is 3.43. The van der Waals surface area contributed by atoms with Gasteiger partial charge in [0.1, 0.15) is 0 Å².